The van der Waals surface area contributed by atoms with Gasteiger partial charge in [-0.1, -0.05) is 29.3 Å². The van der Waals surface area contributed by atoms with Gasteiger partial charge in [0.15, 0.2) is 0 Å². The van der Waals surface area contributed by atoms with Crippen LogP contribution in [-0.2, 0) is 16.1 Å². The van der Waals surface area contributed by atoms with Crippen molar-refractivity contribution in [2.75, 3.05) is 13.1 Å². The first-order valence-corrected chi connectivity index (χ1v) is 8.17. The van der Waals surface area contributed by atoms with Crippen LogP contribution in [0.15, 0.2) is 18.2 Å². The number of nitrogens with zero attached hydrogens (tertiary/aromatic N) is 1. The fourth-order valence-electron chi connectivity index (χ4n) is 2.48. The second-order valence-electron chi connectivity index (χ2n) is 6.27. The molecule has 2 rings (SSSR count). The number of amides is 1. The molecule has 1 aromatic rings. The van der Waals surface area contributed by atoms with Crippen molar-refractivity contribution in [2.24, 2.45) is 5.73 Å². The van der Waals surface area contributed by atoms with Gasteiger partial charge in [0.05, 0.1) is 28.3 Å². The zero-order chi connectivity index (χ0) is 16.3. The molecule has 1 aliphatic heterocycles. The summed E-state index contributed by atoms with van der Waals surface area (Å²) in [6.45, 7) is 5.35. The van der Waals surface area contributed by atoms with Crippen molar-refractivity contribution >= 4 is 29.1 Å². The van der Waals surface area contributed by atoms with Crippen molar-refractivity contribution in [3.05, 3.63) is 33.8 Å². The van der Waals surface area contributed by atoms with Crippen molar-refractivity contribution in [2.45, 2.75) is 44.9 Å². The number of nitrogens with two attached hydrogens (primary N) is 1. The lowest BCUT2D eigenvalue weighted by Gasteiger charge is -2.35. The van der Waals surface area contributed by atoms with Gasteiger partial charge in [0.25, 0.3) is 0 Å². The molecule has 1 heterocycles. The van der Waals surface area contributed by atoms with E-state index in [9.17, 15) is 4.79 Å². The van der Waals surface area contributed by atoms with E-state index in [-0.39, 0.29) is 12.0 Å². The summed E-state index contributed by atoms with van der Waals surface area (Å²) in [6.07, 6.45) is 1.80. The predicted octanol–water partition coefficient (Wildman–Crippen LogP) is 3.24. The highest BCUT2D eigenvalue weighted by Crippen LogP contribution is 2.24. The minimum absolute atomic E-state index is 0.00423. The Balaban J connectivity index is 1.80. The van der Waals surface area contributed by atoms with Gasteiger partial charge in [-0.25, -0.2) is 0 Å². The number of hydrogen-bond donors (Lipinski definition) is 1. The zero-order valence-corrected chi connectivity index (χ0v) is 14.5. The normalized spacial score (nSPS) is 16.9. The first-order valence-electron chi connectivity index (χ1n) is 7.41. The Morgan fingerprint density at radius 2 is 1.95 bits per heavy atom. The summed E-state index contributed by atoms with van der Waals surface area (Å²) in [7, 11) is 0. The molecule has 4 nitrogen and oxygen atoms in total. The lowest BCUT2D eigenvalue weighted by molar-refractivity contribution is -0.138. The quantitative estimate of drug-likeness (QED) is 0.912. The molecule has 0 saturated carbocycles. The van der Waals surface area contributed by atoms with Crippen LogP contribution < -0.4 is 5.73 Å². The molecule has 1 aromatic carbocycles. The van der Waals surface area contributed by atoms with Crippen molar-refractivity contribution in [1.29, 1.82) is 0 Å². The van der Waals surface area contributed by atoms with Crippen LogP contribution in [0.2, 0.25) is 10.0 Å². The summed E-state index contributed by atoms with van der Waals surface area (Å²) in [5.74, 6) is -0.00423. The highest BCUT2D eigenvalue weighted by Gasteiger charge is 2.30. The molecule has 0 unspecified atom stereocenters. The summed E-state index contributed by atoms with van der Waals surface area (Å²) >= 11 is 11.9. The molecule has 0 radical (unpaired) electrons. The van der Waals surface area contributed by atoms with E-state index >= 15 is 0 Å². The molecule has 1 saturated heterocycles. The number of hydrogen-bond acceptors (Lipinski definition) is 3. The molecular formula is C16H22Cl2N2O2. The lowest BCUT2D eigenvalue weighted by atomic mass is 10.0. The van der Waals surface area contributed by atoms with Crippen molar-refractivity contribution in [3.63, 3.8) is 0 Å². The van der Waals surface area contributed by atoms with Crippen LogP contribution in [-0.4, -0.2) is 35.5 Å². The first kappa shape index (κ1) is 17.5. The molecule has 1 aliphatic rings. The monoisotopic (exact) mass is 344 g/mol. The van der Waals surface area contributed by atoms with Gasteiger partial charge in [-0.3, -0.25) is 4.79 Å². The molecule has 0 aromatic heterocycles. The third-order valence-electron chi connectivity index (χ3n) is 3.75. The Morgan fingerprint density at radius 1 is 1.32 bits per heavy atom. The van der Waals surface area contributed by atoms with Gasteiger partial charge in [-0.05, 0) is 44.4 Å². The highest BCUT2D eigenvalue weighted by molar-refractivity contribution is 6.42. The van der Waals surface area contributed by atoms with E-state index in [1.54, 1.807) is 19.9 Å². The van der Waals surface area contributed by atoms with E-state index in [1.807, 2.05) is 17.0 Å². The lowest BCUT2D eigenvalue weighted by Crippen LogP contribution is -2.53. The molecule has 1 fully saturated rings. The van der Waals surface area contributed by atoms with E-state index in [4.69, 9.17) is 33.7 Å². The van der Waals surface area contributed by atoms with Gasteiger partial charge in [0, 0.05) is 13.1 Å². The standard InChI is InChI=1S/C16H22Cl2N2O2/c1-16(2,19)15(21)20-7-5-12(6-8-20)22-10-11-3-4-13(17)14(18)9-11/h3-4,9,12H,5-8,10,19H2,1-2H3. The molecule has 0 spiro atoms. The topological polar surface area (TPSA) is 55.6 Å². The van der Waals surface area contributed by atoms with Crippen LogP contribution in [0.1, 0.15) is 32.3 Å². The number of benzene rings is 1. The third-order valence-corrected chi connectivity index (χ3v) is 4.49. The van der Waals surface area contributed by atoms with Gasteiger partial charge >= 0.3 is 0 Å². The second-order valence-corrected chi connectivity index (χ2v) is 7.09. The smallest absolute Gasteiger partial charge is 0.242 e. The number of carbonyl (C=O) groups is 1. The van der Waals surface area contributed by atoms with Gasteiger partial charge in [-0.15, -0.1) is 0 Å². The third kappa shape index (κ3) is 4.59. The number of likely N-dealkylation sites (tertiary alicyclic amines) is 1. The van der Waals surface area contributed by atoms with E-state index in [1.165, 1.54) is 0 Å². The first-order chi connectivity index (χ1) is 10.3. The zero-order valence-electron chi connectivity index (χ0n) is 12.9. The average Bonchev–Trinajstić information content (AvgIpc) is 2.47. The minimum Gasteiger partial charge on any atom is -0.373 e. The Bertz CT molecular complexity index is 535. The molecule has 0 atom stereocenters. The van der Waals surface area contributed by atoms with E-state index in [2.05, 4.69) is 0 Å². The van der Waals surface area contributed by atoms with Crippen LogP contribution in [0.3, 0.4) is 0 Å². The predicted molar refractivity (Wildman–Crippen MR) is 89.1 cm³/mol. The van der Waals surface area contributed by atoms with Gasteiger partial charge in [-0.2, -0.15) is 0 Å². The highest BCUT2D eigenvalue weighted by atomic mass is 35.5. The van der Waals surface area contributed by atoms with E-state index in [0.717, 1.165) is 18.4 Å². The van der Waals surface area contributed by atoms with Gasteiger partial charge in [0.1, 0.15) is 0 Å². The van der Waals surface area contributed by atoms with Crippen molar-refractivity contribution < 1.29 is 9.53 Å². The summed E-state index contributed by atoms with van der Waals surface area (Å²) in [5, 5.41) is 1.08. The maximum atomic E-state index is 12.1. The molecule has 1 amide bonds. The molecule has 0 bridgehead atoms. The Kier molecular flexibility index (Phi) is 5.72. The van der Waals surface area contributed by atoms with Crippen molar-refractivity contribution in [1.82, 2.24) is 4.90 Å². The summed E-state index contributed by atoms with van der Waals surface area (Å²) in [4.78, 5) is 13.9. The number of rotatable bonds is 4. The molecular weight excluding hydrogens is 323 g/mol. The minimum atomic E-state index is -0.812. The maximum absolute atomic E-state index is 12.1. The van der Waals surface area contributed by atoms with Crippen LogP contribution in [0.4, 0.5) is 0 Å². The Morgan fingerprint density at radius 3 is 2.50 bits per heavy atom. The number of piperidine rings is 1. The SMILES string of the molecule is CC(C)(N)C(=O)N1CCC(OCc2ccc(Cl)c(Cl)c2)CC1. The van der Waals surface area contributed by atoms with Gasteiger partial charge in [0.2, 0.25) is 5.91 Å². The van der Waals surface area contributed by atoms with Crippen LogP contribution in [0, 0.1) is 0 Å². The molecule has 122 valence electrons. The maximum Gasteiger partial charge on any atom is 0.242 e. The fraction of sp³-hybridized carbons (Fsp3) is 0.562. The van der Waals surface area contributed by atoms with Gasteiger partial charge < -0.3 is 15.4 Å². The molecule has 0 aliphatic carbocycles. The Hall–Kier alpha value is -0.810. The molecule has 2 N–H and O–H groups in total. The van der Waals surface area contributed by atoms with E-state index in [0.29, 0.717) is 29.7 Å². The number of halogens is 2. The number of ether oxygens (including phenoxy) is 1. The number of carbonyl (C=O) groups excluding carboxylic acids is 1. The van der Waals surface area contributed by atoms with Crippen LogP contribution in [0.25, 0.3) is 0 Å². The summed E-state index contributed by atoms with van der Waals surface area (Å²) in [6, 6.07) is 5.50. The summed E-state index contributed by atoms with van der Waals surface area (Å²) in [5.41, 5.74) is 6.04. The second kappa shape index (κ2) is 7.18. The Labute approximate surface area is 141 Å². The van der Waals surface area contributed by atoms with Crippen LogP contribution in [0.5, 0.6) is 0 Å². The fourth-order valence-corrected chi connectivity index (χ4v) is 2.80. The van der Waals surface area contributed by atoms with E-state index < -0.39 is 5.54 Å². The largest absolute Gasteiger partial charge is 0.373 e. The summed E-state index contributed by atoms with van der Waals surface area (Å²) < 4.78 is 5.91. The average molecular weight is 345 g/mol. The molecule has 6 heteroatoms. The van der Waals surface area contributed by atoms with Crippen LogP contribution >= 0.6 is 23.2 Å². The molecule has 22 heavy (non-hydrogen) atoms. The van der Waals surface area contributed by atoms with Crippen molar-refractivity contribution in [3.8, 4) is 0 Å².